The van der Waals surface area contributed by atoms with Crippen molar-refractivity contribution in [3.05, 3.63) is 23.8 Å². The van der Waals surface area contributed by atoms with Crippen molar-refractivity contribution in [2.75, 3.05) is 19.9 Å². The first-order chi connectivity index (χ1) is 7.79. The molecule has 0 amide bonds. The Morgan fingerprint density at radius 2 is 2.19 bits per heavy atom. The van der Waals surface area contributed by atoms with Gasteiger partial charge in [-0.05, 0) is 17.7 Å². The van der Waals surface area contributed by atoms with E-state index >= 15 is 0 Å². The Kier molecular flexibility index (Phi) is 3.61. The minimum absolute atomic E-state index is 0.00581. The van der Waals surface area contributed by atoms with Gasteiger partial charge in [-0.25, -0.2) is 0 Å². The topological polar surface area (TPSA) is 76.7 Å². The molecule has 0 aromatic heterocycles. The molecule has 1 heterocycles. The van der Waals surface area contributed by atoms with Crippen LogP contribution in [0.25, 0.3) is 0 Å². The Hall–Kier alpha value is -1.30. The largest absolute Gasteiger partial charge is 0.454 e. The van der Waals surface area contributed by atoms with Crippen LogP contribution in [0.15, 0.2) is 18.2 Å². The molecule has 2 rings (SSSR count). The van der Waals surface area contributed by atoms with Crippen LogP contribution >= 0.6 is 0 Å². The molecule has 1 atom stereocenters. The lowest BCUT2D eigenvalue weighted by Crippen LogP contribution is -2.36. The fourth-order valence-corrected chi connectivity index (χ4v) is 1.52. The van der Waals surface area contributed by atoms with Gasteiger partial charge in [-0.3, -0.25) is 0 Å². The molecule has 0 fully saturated rings. The lowest BCUT2D eigenvalue weighted by atomic mass is 10.2. The third-order valence-electron chi connectivity index (χ3n) is 2.41. The average Bonchev–Trinajstić information content (AvgIpc) is 2.76. The van der Waals surface area contributed by atoms with E-state index in [0.717, 1.165) is 17.1 Å². The quantitative estimate of drug-likeness (QED) is 0.647. The van der Waals surface area contributed by atoms with Crippen LogP contribution in [-0.2, 0) is 6.54 Å². The van der Waals surface area contributed by atoms with Gasteiger partial charge in [0.25, 0.3) is 0 Å². The second-order valence-electron chi connectivity index (χ2n) is 3.76. The fraction of sp³-hybridized carbons (Fsp3) is 0.455. The number of hydrogen-bond donors (Lipinski definition) is 3. The Labute approximate surface area is 94.2 Å². The molecule has 1 aliphatic heterocycles. The number of nitrogens with one attached hydrogen (secondary N) is 1. The first-order valence-electron chi connectivity index (χ1n) is 5.25. The molecule has 5 nitrogen and oxygen atoms in total. The van der Waals surface area contributed by atoms with E-state index in [4.69, 9.17) is 20.3 Å². The van der Waals surface area contributed by atoms with Gasteiger partial charge in [0.15, 0.2) is 11.5 Å². The third-order valence-corrected chi connectivity index (χ3v) is 2.41. The summed E-state index contributed by atoms with van der Waals surface area (Å²) >= 11 is 0. The monoisotopic (exact) mass is 224 g/mol. The zero-order chi connectivity index (χ0) is 11.4. The van der Waals surface area contributed by atoms with Crippen LogP contribution in [0.1, 0.15) is 5.56 Å². The van der Waals surface area contributed by atoms with Gasteiger partial charge >= 0.3 is 0 Å². The second-order valence-corrected chi connectivity index (χ2v) is 3.76. The Morgan fingerprint density at radius 1 is 1.38 bits per heavy atom. The van der Waals surface area contributed by atoms with Crippen molar-refractivity contribution in [1.82, 2.24) is 5.32 Å². The first-order valence-corrected chi connectivity index (χ1v) is 5.25. The molecule has 0 bridgehead atoms. The summed E-state index contributed by atoms with van der Waals surface area (Å²) in [7, 11) is 0. The fourth-order valence-electron chi connectivity index (χ4n) is 1.52. The molecule has 1 aliphatic rings. The van der Waals surface area contributed by atoms with Gasteiger partial charge in [0.2, 0.25) is 6.79 Å². The van der Waals surface area contributed by atoms with Crippen molar-refractivity contribution < 1.29 is 14.6 Å². The lowest BCUT2D eigenvalue weighted by Gasteiger charge is -2.09. The molecule has 5 heteroatoms. The van der Waals surface area contributed by atoms with Crippen molar-refractivity contribution >= 4 is 0 Å². The Bertz CT molecular complexity index is 357. The Morgan fingerprint density at radius 3 is 3.00 bits per heavy atom. The number of aliphatic hydroxyl groups is 1. The van der Waals surface area contributed by atoms with E-state index in [-0.39, 0.29) is 12.6 Å². The highest BCUT2D eigenvalue weighted by atomic mass is 16.7. The third kappa shape index (κ3) is 2.63. The van der Waals surface area contributed by atoms with Gasteiger partial charge in [0.05, 0.1) is 6.61 Å². The van der Waals surface area contributed by atoms with E-state index in [9.17, 15) is 0 Å². The van der Waals surface area contributed by atoms with Crippen molar-refractivity contribution in [2.45, 2.75) is 12.6 Å². The zero-order valence-corrected chi connectivity index (χ0v) is 8.98. The smallest absolute Gasteiger partial charge is 0.231 e. The Balaban J connectivity index is 1.86. The van der Waals surface area contributed by atoms with Crippen molar-refractivity contribution in [3.63, 3.8) is 0 Å². The van der Waals surface area contributed by atoms with Crippen LogP contribution in [0.5, 0.6) is 11.5 Å². The van der Waals surface area contributed by atoms with E-state index in [1.165, 1.54) is 0 Å². The summed E-state index contributed by atoms with van der Waals surface area (Å²) in [5, 5.41) is 11.9. The van der Waals surface area contributed by atoms with E-state index in [1.54, 1.807) is 0 Å². The molecule has 0 spiro atoms. The predicted octanol–water partition coefficient (Wildman–Crippen LogP) is -0.175. The molecule has 88 valence electrons. The number of benzene rings is 1. The lowest BCUT2D eigenvalue weighted by molar-refractivity contribution is 0.174. The zero-order valence-electron chi connectivity index (χ0n) is 8.98. The SMILES string of the molecule is NC(CO)CNCc1ccc2c(c1)OCO2. The standard InChI is InChI=1S/C11H16N2O3/c12-9(6-14)5-13-4-8-1-2-10-11(3-8)16-7-15-10/h1-3,9,13-14H,4-7,12H2. The molecule has 1 aromatic rings. The van der Waals surface area contributed by atoms with Crippen molar-refractivity contribution in [1.29, 1.82) is 0 Å². The molecule has 0 radical (unpaired) electrons. The van der Waals surface area contributed by atoms with Crippen LogP contribution in [0, 0.1) is 0 Å². The molecule has 4 N–H and O–H groups in total. The molecule has 1 unspecified atom stereocenters. The maximum Gasteiger partial charge on any atom is 0.231 e. The van der Waals surface area contributed by atoms with Crippen LogP contribution in [-0.4, -0.2) is 31.1 Å². The van der Waals surface area contributed by atoms with Crippen molar-refractivity contribution in [3.8, 4) is 11.5 Å². The second kappa shape index (κ2) is 5.16. The summed E-state index contributed by atoms with van der Waals surface area (Å²) in [5.41, 5.74) is 6.68. The van der Waals surface area contributed by atoms with Crippen LogP contribution in [0.2, 0.25) is 0 Å². The summed E-state index contributed by atoms with van der Waals surface area (Å²) in [6.07, 6.45) is 0. The van der Waals surface area contributed by atoms with Gasteiger partial charge < -0.3 is 25.6 Å². The van der Waals surface area contributed by atoms with Gasteiger partial charge in [-0.15, -0.1) is 0 Å². The summed E-state index contributed by atoms with van der Waals surface area (Å²) in [5.74, 6) is 1.57. The van der Waals surface area contributed by atoms with Gasteiger partial charge in [0.1, 0.15) is 0 Å². The van der Waals surface area contributed by atoms with Gasteiger partial charge in [0, 0.05) is 19.1 Å². The van der Waals surface area contributed by atoms with E-state index in [0.29, 0.717) is 19.9 Å². The minimum Gasteiger partial charge on any atom is -0.454 e. The van der Waals surface area contributed by atoms with Crippen LogP contribution < -0.4 is 20.5 Å². The molecule has 0 saturated carbocycles. The minimum atomic E-state index is -0.214. The summed E-state index contributed by atoms with van der Waals surface area (Å²) in [6, 6.07) is 5.60. The molecule has 0 aliphatic carbocycles. The number of rotatable bonds is 5. The molecule has 16 heavy (non-hydrogen) atoms. The molecule has 1 aromatic carbocycles. The van der Waals surface area contributed by atoms with Crippen LogP contribution in [0.4, 0.5) is 0 Å². The molecular formula is C11H16N2O3. The van der Waals surface area contributed by atoms with Crippen LogP contribution in [0.3, 0.4) is 0 Å². The number of hydrogen-bond acceptors (Lipinski definition) is 5. The highest BCUT2D eigenvalue weighted by molar-refractivity contribution is 5.44. The summed E-state index contributed by atoms with van der Waals surface area (Å²) in [6.45, 7) is 1.57. The highest BCUT2D eigenvalue weighted by Crippen LogP contribution is 2.32. The van der Waals surface area contributed by atoms with Gasteiger partial charge in [-0.1, -0.05) is 6.07 Å². The predicted molar refractivity (Wildman–Crippen MR) is 59.3 cm³/mol. The van der Waals surface area contributed by atoms with E-state index in [2.05, 4.69) is 5.32 Å². The van der Waals surface area contributed by atoms with E-state index < -0.39 is 0 Å². The molecule has 0 saturated heterocycles. The average molecular weight is 224 g/mol. The first kappa shape index (κ1) is 11.2. The molecular weight excluding hydrogens is 208 g/mol. The summed E-state index contributed by atoms with van der Waals surface area (Å²) in [4.78, 5) is 0. The maximum atomic E-state index is 8.76. The number of ether oxygens (including phenoxy) is 2. The number of nitrogens with two attached hydrogens (primary N) is 1. The van der Waals surface area contributed by atoms with Crippen molar-refractivity contribution in [2.24, 2.45) is 5.73 Å². The normalized spacial score (nSPS) is 15.1. The highest BCUT2D eigenvalue weighted by Gasteiger charge is 2.12. The van der Waals surface area contributed by atoms with E-state index in [1.807, 2.05) is 18.2 Å². The summed E-state index contributed by atoms with van der Waals surface area (Å²) < 4.78 is 10.5. The number of aliphatic hydroxyl groups excluding tert-OH is 1. The number of fused-ring (bicyclic) bond motifs is 1. The maximum absolute atomic E-state index is 8.76. The van der Waals surface area contributed by atoms with Gasteiger partial charge in [-0.2, -0.15) is 0 Å².